The monoisotopic (exact) mass is 664 g/mol. The predicted molar refractivity (Wildman–Crippen MR) is 175 cm³/mol. The van der Waals surface area contributed by atoms with Crippen molar-refractivity contribution >= 4 is 23.7 Å². The van der Waals surface area contributed by atoms with Crippen LogP contribution in [0.3, 0.4) is 0 Å². The number of nitrogens with zero attached hydrogens (tertiary/aromatic N) is 3. The Morgan fingerprint density at radius 3 is 2.50 bits per heavy atom. The highest BCUT2D eigenvalue weighted by atomic mass is 16.5. The number of nitrogens with one attached hydrogen (secondary N) is 1. The van der Waals surface area contributed by atoms with Crippen LogP contribution in [0.5, 0.6) is 0 Å². The van der Waals surface area contributed by atoms with Crippen molar-refractivity contribution in [2.24, 2.45) is 11.8 Å². The van der Waals surface area contributed by atoms with Crippen molar-refractivity contribution in [2.75, 3.05) is 65.7 Å². The van der Waals surface area contributed by atoms with Crippen LogP contribution in [-0.2, 0) is 33.4 Å². The van der Waals surface area contributed by atoms with Gasteiger partial charge in [-0.05, 0) is 24.8 Å². The molecule has 2 N–H and O–H groups in total. The minimum atomic E-state index is -1.33. The number of benzene rings is 1. The number of amides is 3. The molecular formula is C36H48N4O8. The number of unbranched alkanes of at least 4 members (excludes halogenated alkanes) is 3. The molecule has 12 nitrogen and oxygen atoms in total. The van der Waals surface area contributed by atoms with Crippen molar-refractivity contribution in [3.05, 3.63) is 60.2 Å². The largest absolute Gasteiger partial charge is 0.463 e. The number of cyclic esters (lactones) is 1. The van der Waals surface area contributed by atoms with Gasteiger partial charge < -0.3 is 34.4 Å². The molecule has 0 aromatic heterocycles. The Morgan fingerprint density at radius 2 is 1.71 bits per heavy atom. The topological polar surface area (TPSA) is 138 Å². The lowest BCUT2D eigenvalue weighted by molar-refractivity contribution is -0.148. The summed E-state index contributed by atoms with van der Waals surface area (Å²) in [7, 11) is 0. The van der Waals surface area contributed by atoms with Crippen molar-refractivity contribution in [1.29, 1.82) is 0 Å². The molecule has 0 saturated carbocycles. The highest BCUT2D eigenvalue weighted by molar-refractivity contribution is 5.99. The second kappa shape index (κ2) is 15.8. The molecule has 48 heavy (non-hydrogen) atoms. The van der Waals surface area contributed by atoms with Gasteiger partial charge in [0.1, 0.15) is 18.2 Å². The number of aliphatic hydroxyl groups is 1. The maximum absolute atomic E-state index is 14.6. The number of esters is 1. The summed E-state index contributed by atoms with van der Waals surface area (Å²) in [4.78, 5) is 61.8. The van der Waals surface area contributed by atoms with Crippen LogP contribution in [0.4, 0.5) is 0 Å². The van der Waals surface area contributed by atoms with E-state index in [1.54, 1.807) is 22.0 Å². The second-order valence-corrected chi connectivity index (χ2v) is 13.3. The number of rotatable bonds is 10. The highest BCUT2D eigenvalue weighted by Gasteiger charge is 2.71. The van der Waals surface area contributed by atoms with E-state index in [2.05, 4.69) is 10.2 Å². The van der Waals surface area contributed by atoms with Crippen molar-refractivity contribution in [2.45, 2.75) is 62.3 Å². The Bertz CT molecular complexity index is 1360. The Labute approximate surface area is 282 Å². The van der Waals surface area contributed by atoms with Gasteiger partial charge in [-0.3, -0.25) is 24.1 Å². The molecule has 0 unspecified atom stereocenters. The predicted octanol–water partition coefficient (Wildman–Crippen LogP) is 1.60. The lowest BCUT2D eigenvalue weighted by atomic mass is 9.77. The standard InChI is InChI=1S/C36H48N4O8/c41-22-9-2-1-8-17-40-32-35(45)39(19-18-38-20-23-46-24-21-38)16-10-15-36(32)31(34(40)44)30-28(48-36)13-6-7-14-29(42)47-25-27(37-33(30)43)26-11-4-3-5-12-26/h3-6,10-13,15,27-28,30-32,41H,1-2,7-9,14,16-25H2,(H,37,43)/b13-6-/t27-,28+,30-,31-,32+,36-/m1/s1. The van der Waals surface area contributed by atoms with E-state index in [1.807, 2.05) is 42.5 Å². The van der Waals surface area contributed by atoms with Crippen molar-refractivity contribution in [1.82, 2.24) is 20.0 Å². The number of hydrogen-bond donors (Lipinski definition) is 2. The van der Waals surface area contributed by atoms with E-state index >= 15 is 0 Å². The van der Waals surface area contributed by atoms with Gasteiger partial charge in [-0.15, -0.1) is 0 Å². The summed E-state index contributed by atoms with van der Waals surface area (Å²) in [5.74, 6) is -3.02. The molecule has 6 rings (SSSR count). The van der Waals surface area contributed by atoms with Crippen LogP contribution >= 0.6 is 0 Å². The third kappa shape index (κ3) is 7.22. The summed E-state index contributed by atoms with van der Waals surface area (Å²) in [5, 5.41) is 12.3. The average Bonchev–Trinajstić information content (AvgIpc) is 3.49. The smallest absolute Gasteiger partial charge is 0.306 e. The summed E-state index contributed by atoms with van der Waals surface area (Å²) in [6, 6.07) is 7.77. The fraction of sp³-hybridized carbons (Fsp3) is 0.611. The second-order valence-electron chi connectivity index (χ2n) is 13.3. The quantitative estimate of drug-likeness (QED) is 0.217. The third-order valence-corrected chi connectivity index (χ3v) is 10.2. The summed E-state index contributed by atoms with van der Waals surface area (Å²) < 4.78 is 17.9. The minimum absolute atomic E-state index is 0.0423. The zero-order chi connectivity index (χ0) is 33.5. The van der Waals surface area contributed by atoms with Crippen LogP contribution < -0.4 is 5.32 Å². The average molecular weight is 665 g/mol. The molecule has 1 aromatic carbocycles. The van der Waals surface area contributed by atoms with Gasteiger partial charge in [0.2, 0.25) is 17.7 Å². The van der Waals surface area contributed by atoms with E-state index in [0.717, 1.165) is 31.5 Å². The van der Waals surface area contributed by atoms with Gasteiger partial charge in [-0.2, -0.15) is 0 Å². The van der Waals surface area contributed by atoms with Gasteiger partial charge in [-0.25, -0.2) is 0 Å². The van der Waals surface area contributed by atoms with Crippen LogP contribution in [0.1, 0.15) is 50.1 Å². The van der Waals surface area contributed by atoms with Gasteiger partial charge >= 0.3 is 5.97 Å². The number of carbonyl (C=O) groups is 4. The SMILES string of the molecule is O=C1CC/C=C\[C@@H]2O[C@@]34C=CCN(CCN5CCOCC5)C(=O)[C@@H]3N(CCCCCCO)C(=O)[C@H]4[C@@H]2C(=O)N[C@@H](c2ccccc2)CO1. The van der Waals surface area contributed by atoms with Crippen molar-refractivity contribution in [3.8, 4) is 0 Å². The minimum Gasteiger partial charge on any atom is -0.463 e. The molecule has 1 spiro atoms. The third-order valence-electron chi connectivity index (χ3n) is 10.2. The molecule has 0 bridgehead atoms. The lowest BCUT2D eigenvalue weighted by Crippen LogP contribution is -2.56. The number of aliphatic hydroxyl groups excluding tert-OH is 1. The van der Waals surface area contributed by atoms with Crippen LogP contribution in [0.25, 0.3) is 0 Å². The Kier molecular flexibility index (Phi) is 11.3. The first kappa shape index (κ1) is 34.3. The van der Waals surface area contributed by atoms with E-state index < -0.39 is 35.6 Å². The maximum Gasteiger partial charge on any atom is 0.306 e. The fourth-order valence-corrected chi connectivity index (χ4v) is 7.76. The summed E-state index contributed by atoms with van der Waals surface area (Å²) in [5.41, 5.74) is -0.560. The van der Waals surface area contributed by atoms with Gasteiger partial charge in [0, 0.05) is 52.3 Å². The first-order chi connectivity index (χ1) is 23.4. The number of likely N-dealkylation sites (tertiary alicyclic amines) is 1. The van der Waals surface area contributed by atoms with Crippen LogP contribution in [0.15, 0.2) is 54.6 Å². The van der Waals surface area contributed by atoms with Crippen molar-refractivity contribution < 1.29 is 38.5 Å². The molecular weight excluding hydrogens is 616 g/mol. The summed E-state index contributed by atoms with van der Waals surface area (Å²) >= 11 is 0. The molecule has 3 saturated heterocycles. The number of fused-ring (bicyclic) bond motifs is 2. The first-order valence-corrected chi connectivity index (χ1v) is 17.5. The molecule has 0 radical (unpaired) electrons. The summed E-state index contributed by atoms with van der Waals surface area (Å²) in [6.07, 6.45) is 10.1. The fourth-order valence-electron chi connectivity index (χ4n) is 7.76. The zero-order valence-corrected chi connectivity index (χ0v) is 27.5. The molecule has 260 valence electrons. The van der Waals surface area contributed by atoms with Crippen LogP contribution in [-0.4, -0.2) is 127 Å². The molecule has 5 aliphatic heterocycles. The van der Waals surface area contributed by atoms with E-state index in [4.69, 9.17) is 14.2 Å². The Morgan fingerprint density at radius 1 is 0.917 bits per heavy atom. The summed E-state index contributed by atoms with van der Waals surface area (Å²) in [6.45, 7) is 4.93. The van der Waals surface area contributed by atoms with Gasteiger partial charge in [0.05, 0.1) is 37.2 Å². The van der Waals surface area contributed by atoms with Gasteiger partial charge in [-0.1, -0.05) is 67.5 Å². The highest BCUT2D eigenvalue weighted by Crippen LogP contribution is 2.53. The normalized spacial score (nSPS) is 32.0. The maximum atomic E-state index is 14.6. The van der Waals surface area contributed by atoms with E-state index in [-0.39, 0.29) is 43.3 Å². The van der Waals surface area contributed by atoms with Crippen molar-refractivity contribution in [3.63, 3.8) is 0 Å². The lowest BCUT2D eigenvalue weighted by Gasteiger charge is -2.36. The number of hydrogen-bond acceptors (Lipinski definition) is 9. The van der Waals surface area contributed by atoms with Crippen LogP contribution in [0.2, 0.25) is 0 Å². The number of ether oxygens (including phenoxy) is 3. The first-order valence-electron chi connectivity index (χ1n) is 17.5. The Hall–Kier alpha value is -3.58. The van der Waals surface area contributed by atoms with Crippen LogP contribution in [0, 0.1) is 11.8 Å². The molecule has 12 heteroatoms. The molecule has 6 atom stereocenters. The number of carbonyl (C=O) groups excluding carboxylic acids is 4. The molecule has 5 heterocycles. The van der Waals surface area contributed by atoms with E-state index in [9.17, 15) is 24.3 Å². The van der Waals surface area contributed by atoms with Gasteiger partial charge in [0.15, 0.2) is 0 Å². The number of allylic oxidation sites excluding steroid dienone is 1. The molecule has 5 aliphatic rings. The zero-order valence-electron chi connectivity index (χ0n) is 27.5. The van der Waals surface area contributed by atoms with E-state index in [1.165, 1.54) is 0 Å². The number of morpholine rings is 1. The Balaban J connectivity index is 1.32. The molecule has 0 aliphatic carbocycles. The van der Waals surface area contributed by atoms with E-state index in [0.29, 0.717) is 58.7 Å². The molecule has 3 amide bonds. The van der Waals surface area contributed by atoms with Gasteiger partial charge in [0.25, 0.3) is 0 Å². The molecule has 3 fully saturated rings. The molecule has 1 aromatic rings.